The first kappa shape index (κ1) is 23.8. The van der Waals surface area contributed by atoms with Crippen molar-refractivity contribution in [3.05, 3.63) is 82.6 Å². The van der Waals surface area contributed by atoms with Crippen LogP contribution in [-0.2, 0) is 11.3 Å². The van der Waals surface area contributed by atoms with Crippen LogP contribution in [0.2, 0.25) is 10.0 Å². The van der Waals surface area contributed by atoms with Crippen molar-refractivity contribution < 1.29 is 9.59 Å². The van der Waals surface area contributed by atoms with Crippen molar-refractivity contribution in [3.63, 3.8) is 0 Å². The van der Waals surface area contributed by atoms with Crippen LogP contribution in [0.4, 0.5) is 5.69 Å². The molecule has 2 amide bonds. The van der Waals surface area contributed by atoms with Gasteiger partial charge in [-0.2, -0.15) is 0 Å². The first-order chi connectivity index (χ1) is 15.4. The quantitative estimate of drug-likeness (QED) is 0.326. The van der Waals surface area contributed by atoms with Crippen LogP contribution < -0.4 is 10.6 Å². The predicted octanol–water partition coefficient (Wildman–Crippen LogP) is 4.99. The predicted molar refractivity (Wildman–Crippen MR) is 128 cm³/mol. The Hall–Kier alpha value is -2.81. The molecule has 0 radical (unpaired) electrons. The maximum Gasteiger partial charge on any atom is 0.251 e. The molecular weight excluding hydrogens is 469 g/mol. The van der Waals surface area contributed by atoms with E-state index in [2.05, 4.69) is 27.4 Å². The fourth-order valence-corrected chi connectivity index (χ4v) is 3.96. The van der Waals surface area contributed by atoms with E-state index < -0.39 is 6.04 Å². The Morgan fingerprint density at radius 3 is 2.66 bits per heavy atom. The third kappa shape index (κ3) is 6.12. The fourth-order valence-electron chi connectivity index (χ4n) is 2.87. The summed E-state index contributed by atoms with van der Waals surface area (Å²) in [5.41, 5.74) is 0.996. The highest BCUT2D eigenvalue weighted by atomic mass is 35.5. The second-order valence-corrected chi connectivity index (χ2v) is 8.55. The summed E-state index contributed by atoms with van der Waals surface area (Å²) in [6.45, 7) is 6.03. The average molecular weight is 490 g/mol. The highest BCUT2D eigenvalue weighted by Crippen LogP contribution is 2.26. The summed E-state index contributed by atoms with van der Waals surface area (Å²) in [5.74, 6) is 0.176. The fraction of sp³-hybridized carbons (Fsp3) is 0.182. The summed E-state index contributed by atoms with van der Waals surface area (Å²) in [7, 11) is 0. The second-order valence-electron chi connectivity index (χ2n) is 6.76. The van der Waals surface area contributed by atoms with Gasteiger partial charge in [0.15, 0.2) is 11.0 Å². The molecular formula is C22H21Cl2N5O2S. The van der Waals surface area contributed by atoms with E-state index in [-0.39, 0.29) is 17.6 Å². The minimum absolute atomic E-state index is 0.0862. The molecule has 2 N–H and O–H groups in total. The number of rotatable bonds is 9. The van der Waals surface area contributed by atoms with E-state index in [4.69, 9.17) is 23.2 Å². The third-order valence-corrected chi connectivity index (χ3v) is 5.89. The topological polar surface area (TPSA) is 88.9 Å². The smallest absolute Gasteiger partial charge is 0.251 e. The maximum absolute atomic E-state index is 12.5. The van der Waals surface area contributed by atoms with Crippen LogP contribution in [0.5, 0.6) is 0 Å². The second kappa shape index (κ2) is 11.2. The molecule has 1 heterocycles. The zero-order valence-corrected chi connectivity index (χ0v) is 19.5. The van der Waals surface area contributed by atoms with Crippen LogP contribution in [0, 0.1) is 0 Å². The number of thioether (sulfide) groups is 1. The lowest BCUT2D eigenvalue weighted by molar-refractivity contribution is -0.113. The lowest BCUT2D eigenvalue weighted by Gasteiger charge is -2.15. The number of amides is 2. The van der Waals surface area contributed by atoms with E-state index >= 15 is 0 Å². The molecule has 2 aromatic carbocycles. The molecule has 0 saturated heterocycles. The van der Waals surface area contributed by atoms with E-state index in [0.29, 0.717) is 38.8 Å². The largest absolute Gasteiger partial charge is 0.342 e. The molecule has 0 aliphatic carbocycles. The lowest BCUT2D eigenvalue weighted by atomic mass is 10.2. The Balaban J connectivity index is 1.67. The molecule has 7 nitrogen and oxygen atoms in total. The average Bonchev–Trinajstić information content (AvgIpc) is 3.18. The lowest BCUT2D eigenvalue weighted by Crippen LogP contribution is -2.28. The molecule has 3 rings (SSSR count). The first-order valence-electron chi connectivity index (χ1n) is 9.66. The number of benzene rings is 2. The monoisotopic (exact) mass is 489 g/mol. The molecule has 32 heavy (non-hydrogen) atoms. The van der Waals surface area contributed by atoms with E-state index in [0.717, 1.165) is 0 Å². The van der Waals surface area contributed by atoms with Crippen LogP contribution in [0.1, 0.15) is 29.1 Å². The molecule has 0 aliphatic rings. The highest BCUT2D eigenvalue weighted by molar-refractivity contribution is 7.99. The molecule has 0 aliphatic heterocycles. The Bertz CT molecular complexity index is 1120. The van der Waals surface area contributed by atoms with Crippen molar-refractivity contribution in [2.24, 2.45) is 0 Å². The van der Waals surface area contributed by atoms with E-state index in [1.54, 1.807) is 48.5 Å². The van der Waals surface area contributed by atoms with E-state index in [1.807, 2.05) is 17.6 Å². The van der Waals surface area contributed by atoms with Crippen molar-refractivity contribution in [2.45, 2.75) is 24.7 Å². The van der Waals surface area contributed by atoms with Crippen LogP contribution in [0.25, 0.3) is 0 Å². The van der Waals surface area contributed by atoms with Gasteiger partial charge in [-0.15, -0.1) is 16.8 Å². The number of allylic oxidation sites excluding steroid dienone is 1. The van der Waals surface area contributed by atoms with Crippen LogP contribution in [0.15, 0.2) is 66.3 Å². The van der Waals surface area contributed by atoms with Gasteiger partial charge in [0.05, 0.1) is 22.5 Å². The SMILES string of the molecule is C=CCn1c(SCC(=O)Nc2cc(Cl)ccc2Cl)nnc1[C@H](C)NC(=O)c1ccccc1. The van der Waals surface area contributed by atoms with Gasteiger partial charge in [0.2, 0.25) is 5.91 Å². The molecule has 0 unspecified atom stereocenters. The standard InChI is InChI=1S/C22H21Cl2N5O2S/c1-3-11-29-20(14(2)25-21(31)15-7-5-4-6-8-15)27-28-22(29)32-13-19(30)26-18-12-16(23)9-10-17(18)24/h3-10,12,14H,1,11,13H2,2H3,(H,25,31)(H,26,30)/t14-/m0/s1. The van der Waals surface area contributed by atoms with Crippen molar-refractivity contribution in [1.29, 1.82) is 0 Å². The van der Waals surface area contributed by atoms with Gasteiger partial charge in [0.25, 0.3) is 5.91 Å². The van der Waals surface area contributed by atoms with Gasteiger partial charge in [-0.25, -0.2) is 0 Å². The normalized spacial score (nSPS) is 11.6. The van der Waals surface area contributed by atoms with Crippen molar-refractivity contribution in [1.82, 2.24) is 20.1 Å². The summed E-state index contributed by atoms with van der Waals surface area (Å²) in [6, 6.07) is 13.4. The number of aromatic nitrogens is 3. The minimum Gasteiger partial charge on any atom is -0.342 e. The van der Waals surface area contributed by atoms with Crippen LogP contribution in [-0.4, -0.2) is 32.3 Å². The molecule has 0 bridgehead atoms. The van der Waals surface area contributed by atoms with Gasteiger partial charge in [-0.05, 0) is 37.3 Å². The summed E-state index contributed by atoms with van der Waals surface area (Å²) in [5, 5.41) is 15.5. The number of carbonyl (C=O) groups excluding carboxylic acids is 2. The summed E-state index contributed by atoms with van der Waals surface area (Å²) in [4.78, 5) is 24.9. The number of halogens is 2. The van der Waals surface area contributed by atoms with Gasteiger partial charge in [0, 0.05) is 17.1 Å². The zero-order valence-electron chi connectivity index (χ0n) is 17.2. The number of hydrogen-bond donors (Lipinski definition) is 2. The zero-order chi connectivity index (χ0) is 23.1. The van der Waals surface area contributed by atoms with Crippen molar-refractivity contribution >= 4 is 52.5 Å². The van der Waals surface area contributed by atoms with Gasteiger partial charge < -0.3 is 15.2 Å². The first-order valence-corrected chi connectivity index (χ1v) is 11.4. The van der Waals surface area contributed by atoms with Gasteiger partial charge in [0.1, 0.15) is 0 Å². The molecule has 3 aromatic rings. The number of hydrogen-bond acceptors (Lipinski definition) is 5. The third-order valence-electron chi connectivity index (χ3n) is 4.36. The number of nitrogens with zero attached hydrogens (tertiary/aromatic N) is 3. The van der Waals surface area contributed by atoms with Gasteiger partial charge in [-0.1, -0.05) is 59.2 Å². The summed E-state index contributed by atoms with van der Waals surface area (Å²) >= 11 is 13.3. The van der Waals surface area contributed by atoms with Gasteiger partial charge in [-0.3, -0.25) is 9.59 Å². The molecule has 0 saturated carbocycles. The van der Waals surface area contributed by atoms with Crippen LogP contribution in [0.3, 0.4) is 0 Å². The number of carbonyl (C=O) groups is 2. The molecule has 10 heteroatoms. The van der Waals surface area contributed by atoms with E-state index in [1.165, 1.54) is 11.8 Å². The summed E-state index contributed by atoms with van der Waals surface area (Å²) in [6.07, 6.45) is 1.70. The van der Waals surface area contributed by atoms with Gasteiger partial charge >= 0.3 is 0 Å². The Labute approximate surface area is 200 Å². The van der Waals surface area contributed by atoms with Crippen molar-refractivity contribution in [3.8, 4) is 0 Å². The summed E-state index contributed by atoms with van der Waals surface area (Å²) < 4.78 is 1.81. The number of nitrogens with one attached hydrogen (secondary N) is 2. The minimum atomic E-state index is -0.399. The highest BCUT2D eigenvalue weighted by Gasteiger charge is 2.20. The molecule has 1 aromatic heterocycles. The Morgan fingerprint density at radius 1 is 1.19 bits per heavy atom. The molecule has 1 atom stereocenters. The molecule has 0 spiro atoms. The molecule has 166 valence electrons. The van der Waals surface area contributed by atoms with E-state index in [9.17, 15) is 9.59 Å². The Morgan fingerprint density at radius 2 is 1.94 bits per heavy atom. The molecule has 0 fully saturated rings. The van der Waals surface area contributed by atoms with Crippen LogP contribution >= 0.6 is 35.0 Å². The Kier molecular flexibility index (Phi) is 8.33. The number of anilines is 1. The maximum atomic E-state index is 12.5. The van der Waals surface area contributed by atoms with Crippen molar-refractivity contribution in [2.75, 3.05) is 11.1 Å².